The molecule has 6 nitrogen and oxygen atoms in total. The maximum Gasteiger partial charge on any atom is 0.251 e. The minimum atomic E-state index is -0.0671. The molecule has 1 unspecified atom stereocenters. The molecule has 3 rings (SSSR count). The molecule has 2 aromatic rings. The van der Waals surface area contributed by atoms with E-state index in [9.17, 15) is 4.79 Å². The fourth-order valence-corrected chi connectivity index (χ4v) is 3.69. The molecular formula is C25H35IN4O2. The Bertz CT molecular complexity index is 882. The van der Waals surface area contributed by atoms with Gasteiger partial charge in [-0.3, -0.25) is 4.79 Å². The van der Waals surface area contributed by atoms with Crippen LogP contribution in [0.25, 0.3) is 0 Å². The number of halogens is 1. The second-order valence-electron chi connectivity index (χ2n) is 7.72. The summed E-state index contributed by atoms with van der Waals surface area (Å²) in [5.74, 6) is 0.698. The van der Waals surface area contributed by atoms with Crippen molar-refractivity contribution < 1.29 is 9.53 Å². The molecule has 32 heavy (non-hydrogen) atoms. The smallest absolute Gasteiger partial charge is 0.251 e. The molecule has 0 saturated carbocycles. The highest BCUT2D eigenvalue weighted by atomic mass is 127. The fraction of sp³-hybridized carbons (Fsp3) is 0.440. The van der Waals surface area contributed by atoms with Crippen LogP contribution in [0.15, 0.2) is 53.5 Å². The minimum Gasteiger partial charge on any atom is -0.376 e. The summed E-state index contributed by atoms with van der Waals surface area (Å²) >= 11 is 0. The second kappa shape index (κ2) is 14.1. The van der Waals surface area contributed by atoms with Crippen LogP contribution < -0.4 is 16.0 Å². The van der Waals surface area contributed by atoms with E-state index in [4.69, 9.17) is 9.73 Å². The first-order valence-corrected chi connectivity index (χ1v) is 11.3. The lowest BCUT2D eigenvalue weighted by molar-refractivity contribution is 0.0857. The first kappa shape index (κ1) is 26.1. The Labute approximate surface area is 208 Å². The predicted molar refractivity (Wildman–Crippen MR) is 141 cm³/mol. The second-order valence-corrected chi connectivity index (χ2v) is 7.72. The molecule has 0 aromatic heterocycles. The third-order valence-electron chi connectivity index (χ3n) is 5.41. The van der Waals surface area contributed by atoms with Crippen LogP contribution >= 0.6 is 24.0 Å². The fourth-order valence-electron chi connectivity index (χ4n) is 3.69. The van der Waals surface area contributed by atoms with Crippen molar-refractivity contribution in [2.24, 2.45) is 4.99 Å². The number of benzene rings is 2. The van der Waals surface area contributed by atoms with E-state index < -0.39 is 0 Å². The maximum absolute atomic E-state index is 12.5. The number of amides is 1. The van der Waals surface area contributed by atoms with Gasteiger partial charge < -0.3 is 20.7 Å². The zero-order valence-electron chi connectivity index (χ0n) is 19.0. The third kappa shape index (κ3) is 8.09. The van der Waals surface area contributed by atoms with Gasteiger partial charge in [-0.05, 0) is 55.0 Å². The van der Waals surface area contributed by atoms with Crippen LogP contribution in [0.1, 0.15) is 53.7 Å². The van der Waals surface area contributed by atoms with Crippen LogP contribution in [0.2, 0.25) is 0 Å². The summed E-state index contributed by atoms with van der Waals surface area (Å²) in [5.41, 5.74) is 4.27. The van der Waals surface area contributed by atoms with Gasteiger partial charge in [0.2, 0.25) is 0 Å². The summed E-state index contributed by atoms with van der Waals surface area (Å²) in [7, 11) is 0. The number of carbonyl (C=O) groups is 1. The van der Waals surface area contributed by atoms with Gasteiger partial charge in [0.15, 0.2) is 5.96 Å². The van der Waals surface area contributed by atoms with Crippen LogP contribution in [-0.4, -0.2) is 37.7 Å². The Balaban J connectivity index is 0.00000363. The van der Waals surface area contributed by atoms with Gasteiger partial charge in [0.05, 0.1) is 12.6 Å². The van der Waals surface area contributed by atoms with Gasteiger partial charge in [0.1, 0.15) is 0 Å². The number of hydrogen-bond acceptors (Lipinski definition) is 3. The van der Waals surface area contributed by atoms with Crippen LogP contribution in [-0.2, 0) is 24.2 Å². The molecular weight excluding hydrogens is 515 g/mol. The minimum absolute atomic E-state index is 0. The van der Waals surface area contributed by atoms with Crippen molar-refractivity contribution in [3.05, 3.63) is 70.8 Å². The number of hydrogen-bond donors (Lipinski definition) is 3. The Kier molecular flexibility index (Phi) is 11.5. The lowest BCUT2D eigenvalue weighted by atomic mass is 10.1. The Morgan fingerprint density at radius 1 is 1.06 bits per heavy atom. The van der Waals surface area contributed by atoms with Crippen LogP contribution in [0.4, 0.5) is 0 Å². The summed E-state index contributed by atoms with van der Waals surface area (Å²) in [5, 5.41) is 9.69. The number of ether oxygens (including phenoxy) is 1. The molecule has 1 atom stereocenters. The molecule has 1 aliphatic rings. The molecule has 0 aliphatic carbocycles. The van der Waals surface area contributed by atoms with E-state index in [1.54, 1.807) is 0 Å². The highest BCUT2D eigenvalue weighted by Crippen LogP contribution is 2.12. The molecule has 174 valence electrons. The third-order valence-corrected chi connectivity index (χ3v) is 5.41. The maximum atomic E-state index is 12.5. The van der Waals surface area contributed by atoms with Crippen molar-refractivity contribution in [1.29, 1.82) is 0 Å². The van der Waals surface area contributed by atoms with E-state index in [0.717, 1.165) is 50.5 Å². The highest BCUT2D eigenvalue weighted by Gasteiger charge is 2.16. The van der Waals surface area contributed by atoms with E-state index in [1.165, 1.54) is 11.1 Å². The van der Waals surface area contributed by atoms with Crippen molar-refractivity contribution in [2.75, 3.05) is 19.7 Å². The Hall–Kier alpha value is -2.13. The largest absolute Gasteiger partial charge is 0.376 e. The molecule has 3 N–H and O–H groups in total. The molecule has 1 aliphatic heterocycles. The van der Waals surface area contributed by atoms with Crippen molar-refractivity contribution in [2.45, 2.75) is 52.3 Å². The van der Waals surface area contributed by atoms with Gasteiger partial charge in [-0.25, -0.2) is 4.99 Å². The number of aryl methyl sites for hydroxylation is 1. The molecule has 0 radical (unpaired) electrons. The van der Waals surface area contributed by atoms with Crippen molar-refractivity contribution >= 4 is 35.8 Å². The number of guanidine groups is 1. The molecule has 1 heterocycles. The lowest BCUT2D eigenvalue weighted by Crippen LogP contribution is -2.37. The molecule has 1 saturated heterocycles. The van der Waals surface area contributed by atoms with Gasteiger partial charge in [-0.2, -0.15) is 0 Å². The summed E-state index contributed by atoms with van der Waals surface area (Å²) in [6.07, 6.45) is 3.23. The lowest BCUT2D eigenvalue weighted by Gasteiger charge is -2.14. The van der Waals surface area contributed by atoms with Gasteiger partial charge in [-0.15, -0.1) is 24.0 Å². The SMILES string of the molecule is CCNC(=NCc1cccc(C(=O)NCC2CCCO2)c1)NCc1ccccc1CC.I. The van der Waals surface area contributed by atoms with Gasteiger partial charge in [0.25, 0.3) is 5.91 Å². The van der Waals surface area contributed by atoms with Gasteiger partial charge in [0, 0.05) is 31.8 Å². The molecule has 0 spiro atoms. The highest BCUT2D eigenvalue weighted by molar-refractivity contribution is 14.0. The summed E-state index contributed by atoms with van der Waals surface area (Å²) in [6, 6.07) is 16.1. The predicted octanol–water partition coefficient (Wildman–Crippen LogP) is 4.03. The van der Waals surface area contributed by atoms with E-state index in [0.29, 0.717) is 18.7 Å². The summed E-state index contributed by atoms with van der Waals surface area (Å²) in [4.78, 5) is 17.2. The zero-order chi connectivity index (χ0) is 21.9. The number of aliphatic imine (C=N–C) groups is 1. The quantitative estimate of drug-likeness (QED) is 0.251. The number of carbonyl (C=O) groups excluding carboxylic acids is 1. The standard InChI is InChI=1S/C25H34N4O2.HI/c1-3-20-10-5-6-11-22(20)17-29-25(26-4-2)28-16-19-9-7-12-21(15-19)24(30)27-18-23-13-8-14-31-23;/h5-7,9-12,15,23H,3-4,8,13-14,16-18H2,1-2H3,(H,27,30)(H2,26,28,29);1H. The van der Waals surface area contributed by atoms with E-state index in [-0.39, 0.29) is 36.0 Å². The number of nitrogens with zero attached hydrogens (tertiary/aromatic N) is 1. The molecule has 2 aromatic carbocycles. The monoisotopic (exact) mass is 550 g/mol. The topological polar surface area (TPSA) is 74.8 Å². The first-order valence-electron chi connectivity index (χ1n) is 11.3. The van der Waals surface area contributed by atoms with E-state index in [1.807, 2.05) is 24.3 Å². The average molecular weight is 550 g/mol. The zero-order valence-corrected chi connectivity index (χ0v) is 21.4. The van der Waals surface area contributed by atoms with Crippen LogP contribution in [0.3, 0.4) is 0 Å². The molecule has 1 fully saturated rings. The number of rotatable bonds is 9. The first-order chi connectivity index (χ1) is 15.2. The number of nitrogens with one attached hydrogen (secondary N) is 3. The van der Waals surface area contributed by atoms with E-state index >= 15 is 0 Å². The normalized spacial score (nSPS) is 15.7. The van der Waals surface area contributed by atoms with Gasteiger partial charge in [-0.1, -0.05) is 43.3 Å². The molecule has 0 bridgehead atoms. The average Bonchev–Trinajstić information content (AvgIpc) is 3.33. The van der Waals surface area contributed by atoms with Crippen molar-refractivity contribution in [1.82, 2.24) is 16.0 Å². The Morgan fingerprint density at radius 3 is 2.59 bits per heavy atom. The van der Waals surface area contributed by atoms with Gasteiger partial charge >= 0.3 is 0 Å². The van der Waals surface area contributed by atoms with Crippen molar-refractivity contribution in [3.63, 3.8) is 0 Å². The Morgan fingerprint density at radius 2 is 1.88 bits per heavy atom. The van der Waals surface area contributed by atoms with Crippen molar-refractivity contribution in [3.8, 4) is 0 Å². The van der Waals surface area contributed by atoms with Crippen LogP contribution in [0.5, 0.6) is 0 Å². The molecule has 7 heteroatoms. The van der Waals surface area contributed by atoms with Crippen LogP contribution in [0, 0.1) is 0 Å². The van der Waals surface area contributed by atoms with E-state index in [2.05, 4.69) is 54.1 Å². The molecule has 1 amide bonds. The summed E-state index contributed by atoms with van der Waals surface area (Å²) in [6.45, 7) is 7.58. The summed E-state index contributed by atoms with van der Waals surface area (Å²) < 4.78 is 5.57.